The molecule has 4 unspecified atom stereocenters. The summed E-state index contributed by atoms with van der Waals surface area (Å²) < 4.78 is 18.2. The van der Waals surface area contributed by atoms with E-state index in [2.05, 4.69) is 21.3 Å². The Bertz CT molecular complexity index is 2550. The van der Waals surface area contributed by atoms with Crippen LogP contribution in [-0.4, -0.2) is 115 Å². The summed E-state index contributed by atoms with van der Waals surface area (Å²) in [4.78, 5) is 81.2. The summed E-state index contributed by atoms with van der Waals surface area (Å²) in [6.07, 6.45) is 0.712. The summed E-state index contributed by atoms with van der Waals surface area (Å²) in [5, 5.41) is 19.9. The first-order valence-corrected chi connectivity index (χ1v) is 22.1. The molecular formula is C48H59N11O8. The minimum Gasteiger partial charge on any atom is -0.492 e. The van der Waals surface area contributed by atoms with Gasteiger partial charge in [0.2, 0.25) is 23.6 Å². The van der Waals surface area contributed by atoms with Crippen molar-refractivity contribution in [3.05, 3.63) is 88.2 Å². The lowest BCUT2D eigenvalue weighted by atomic mass is 9.93. The van der Waals surface area contributed by atoms with Crippen LogP contribution in [0.4, 0.5) is 0 Å². The van der Waals surface area contributed by atoms with Crippen LogP contribution in [0, 0.1) is 25.2 Å². The van der Waals surface area contributed by atoms with Crippen molar-refractivity contribution in [3.63, 3.8) is 0 Å². The minimum atomic E-state index is -1.41. The zero-order valence-corrected chi connectivity index (χ0v) is 38.7. The van der Waals surface area contributed by atoms with Crippen LogP contribution in [0.5, 0.6) is 17.2 Å². The molecule has 2 aliphatic heterocycles. The molecule has 0 saturated heterocycles. The third-order valence-electron chi connectivity index (χ3n) is 11.4. The maximum absolute atomic E-state index is 14.8. The average molecular weight is 918 g/mol. The number of carbonyl (C=O) groups excluding carboxylic acids is 5. The van der Waals surface area contributed by atoms with Crippen LogP contribution in [0.2, 0.25) is 0 Å². The second-order valence-electron chi connectivity index (χ2n) is 17.1. The molecule has 1 aromatic heterocycles. The number of amides is 5. The highest BCUT2D eigenvalue weighted by Crippen LogP contribution is 2.41. The van der Waals surface area contributed by atoms with Crippen LogP contribution in [0.3, 0.4) is 0 Å². The Morgan fingerprint density at radius 3 is 2.22 bits per heavy atom. The molecule has 354 valence electrons. The van der Waals surface area contributed by atoms with Gasteiger partial charge in [-0.3, -0.25) is 24.0 Å². The van der Waals surface area contributed by atoms with E-state index < -0.39 is 53.7 Å². The predicted octanol–water partition coefficient (Wildman–Crippen LogP) is 1.65. The Morgan fingerprint density at radius 1 is 0.925 bits per heavy atom. The number of hydrogen-bond acceptors (Lipinski definition) is 14. The van der Waals surface area contributed by atoms with Crippen molar-refractivity contribution < 1.29 is 38.2 Å². The molecule has 0 fully saturated rings. The smallest absolute Gasteiger partial charge is 0.255 e. The van der Waals surface area contributed by atoms with E-state index in [0.717, 1.165) is 23.3 Å². The number of likely N-dealkylation sites (N-methyl/N-ethyl adjacent to an activating group) is 1. The number of carbonyl (C=O) groups is 5. The van der Waals surface area contributed by atoms with Crippen molar-refractivity contribution in [1.29, 1.82) is 5.26 Å². The van der Waals surface area contributed by atoms with E-state index in [1.165, 1.54) is 18.9 Å². The maximum Gasteiger partial charge on any atom is 0.255 e. The summed E-state index contributed by atoms with van der Waals surface area (Å²) in [7, 11) is 1.41. The summed E-state index contributed by atoms with van der Waals surface area (Å²) in [5.74, 6) is -1.37. The van der Waals surface area contributed by atoms with Gasteiger partial charge in [-0.2, -0.15) is 5.26 Å². The fraction of sp³-hybridized carbons (Fsp3) is 0.417. The van der Waals surface area contributed by atoms with E-state index in [4.69, 9.17) is 41.4 Å². The summed E-state index contributed by atoms with van der Waals surface area (Å²) in [5.41, 5.74) is 22.0. The predicted molar refractivity (Wildman–Crippen MR) is 249 cm³/mol. The quantitative estimate of drug-likeness (QED) is 0.0836. The lowest BCUT2D eigenvalue weighted by molar-refractivity contribution is -0.141. The minimum absolute atomic E-state index is 0.000961. The van der Waals surface area contributed by atoms with Gasteiger partial charge in [-0.15, -0.1) is 0 Å². The van der Waals surface area contributed by atoms with Crippen LogP contribution in [0.15, 0.2) is 54.6 Å². The van der Waals surface area contributed by atoms with E-state index in [-0.39, 0.29) is 63.4 Å². The van der Waals surface area contributed by atoms with Gasteiger partial charge in [-0.1, -0.05) is 12.1 Å². The molecule has 4 bridgehead atoms. The second kappa shape index (κ2) is 21.4. The average Bonchev–Trinajstić information content (AvgIpc) is 3.61. The van der Waals surface area contributed by atoms with Gasteiger partial charge in [0.05, 0.1) is 23.0 Å². The standard InChI is InChI=1S/C48H59N11O8/c1-26-40(27(2)55-42(54-26)31-9-11-37-32(23-31)25-48(4,5)67-37)45(62)57-35(13-14-49)47(64)59(6)41-30-8-12-39(66-20-17-52)34(24-30)33-21-29(7-10-38(33)65-19-16-51)22-36(44(61)53-18-15-50)58-43(60)28(3)56-46(41)63/h7-12,21,23-24,28,35-36,41H,13-14,16-20,22,25,49,51-52H2,1-6H3,(H,53,61)(H,56,63)(H,57,62)(H,58,60). The van der Waals surface area contributed by atoms with Gasteiger partial charge < -0.3 is 57.6 Å². The third-order valence-corrected chi connectivity index (χ3v) is 11.4. The third kappa shape index (κ3) is 11.5. The van der Waals surface area contributed by atoms with Crippen molar-refractivity contribution in [3.8, 4) is 45.8 Å². The zero-order chi connectivity index (χ0) is 48.6. The molecule has 3 aromatic carbocycles. The number of aryl methyl sites for hydroxylation is 2. The number of ether oxygens (including phenoxy) is 3. The Labute approximate surface area is 389 Å². The second-order valence-corrected chi connectivity index (χ2v) is 17.1. The largest absolute Gasteiger partial charge is 0.492 e. The van der Waals surface area contributed by atoms with Gasteiger partial charge >= 0.3 is 0 Å². The lowest BCUT2D eigenvalue weighted by Crippen LogP contribution is -2.56. The van der Waals surface area contributed by atoms with Gasteiger partial charge in [0, 0.05) is 49.7 Å². The van der Waals surface area contributed by atoms with Crippen molar-refractivity contribution in [2.75, 3.05) is 46.4 Å². The van der Waals surface area contributed by atoms with E-state index >= 15 is 0 Å². The van der Waals surface area contributed by atoms with Crippen LogP contribution in [0.1, 0.15) is 71.7 Å². The SMILES string of the molecule is Cc1nc(-c2ccc3c(c2)CC(C)(C)O3)nc(C)c1C(=O)NC(CCN)C(=O)N(C)C1C(=O)NC(C)C(=O)NC(C(=O)NCC#N)Cc2ccc(OCCN)c(c2)-c2cc1ccc2OCCN. The van der Waals surface area contributed by atoms with E-state index in [9.17, 15) is 29.2 Å². The lowest BCUT2D eigenvalue weighted by Gasteiger charge is -2.32. The summed E-state index contributed by atoms with van der Waals surface area (Å²) in [6, 6.07) is 12.7. The Balaban J connectivity index is 1.38. The van der Waals surface area contributed by atoms with Crippen LogP contribution >= 0.6 is 0 Å². The van der Waals surface area contributed by atoms with Crippen LogP contribution < -0.4 is 52.7 Å². The molecular weight excluding hydrogens is 859 g/mol. The topological polar surface area (TPSA) is 292 Å². The molecule has 3 heterocycles. The van der Waals surface area contributed by atoms with Gasteiger partial charge in [-0.05, 0) is 107 Å². The summed E-state index contributed by atoms with van der Waals surface area (Å²) in [6.45, 7) is 9.21. The molecule has 0 saturated carbocycles. The van der Waals surface area contributed by atoms with Crippen molar-refractivity contribution in [2.45, 2.75) is 83.6 Å². The molecule has 10 N–H and O–H groups in total. The number of hydrogen-bond donors (Lipinski definition) is 7. The van der Waals surface area contributed by atoms with Crippen molar-refractivity contribution in [1.82, 2.24) is 36.1 Å². The molecule has 19 heteroatoms. The molecule has 67 heavy (non-hydrogen) atoms. The van der Waals surface area contributed by atoms with Crippen LogP contribution in [-0.2, 0) is 32.0 Å². The van der Waals surface area contributed by atoms with E-state index in [1.54, 1.807) is 50.2 Å². The number of nitriles is 1. The Hall–Kier alpha value is -7.14. The van der Waals surface area contributed by atoms with Gasteiger partial charge in [-0.25, -0.2) is 9.97 Å². The Morgan fingerprint density at radius 2 is 1.58 bits per heavy atom. The number of nitrogens with two attached hydrogens (primary N) is 3. The highest BCUT2D eigenvalue weighted by molar-refractivity contribution is 6.00. The normalized spacial score (nSPS) is 17.8. The summed E-state index contributed by atoms with van der Waals surface area (Å²) >= 11 is 0. The first kappa shape index (κ1) is 49.3. The first-order valence-electron chi connectivity index (χ1n) is 22.1. The van der Waals surface area contributed by atoms with E-state index in [1.807, 2.05) is 38.1 Å². The number of benzene rings is 3. The number of rotatable bonds is 15. The van der Waals surface area contributed by atoms with E-state index in [0.29, 0.717) is 51.0 Å². The molecule has 0 spiro atoms. The molecule has 0 radical (unpaired) electrons. The van der Waals surface area contributed by atoms with Gasteiger partial charge in [0.25, 0.3) is 5.91 Å². The number of nitrogens with one attached hydrogen (secondary N) is 4. The number of nitrogens with zero attached hydrogens (tertiary/aromatic N) is 4. The zero-order valence-electron chi connectivity index (χ0n) is 38.7. The maximum atomic E-state index is 14.8. The highest BCUT2D eigenvalue weighted by Gasteiger charge is 2.37. The molecule has 19 nitrogen and oxygen atoms in total. The molecule has 5 amide bonds. The molecule has 4 atom stereocenters. The molecule has 2 aliphatic rings. The number of fused-ring (bicyclic) bond motifs is 6. The fourth-order valence-corrected chi connectivity index (χ4v) is 8.28. The fourth-order valence-electron chi connectivity index (χ4n) is 8.28. The van der Waals surface area contributed by atoms with Gasteiger partial charge in [0.1, 0.15) is 66.8 Å². The Kier molecular flexibility index (Phi) is 15.8. The van der Waals surface area contributed by atoms with Crippen molar-refractivity contribution >= 4 is 29.5 Å². The first-order chi connectivity index (χ1) is 32.0. The van der Waals surface area contributed by atoms with Gasteiger partial charge in [0.15, 0.2) is 5.82 Å². The molecule has 0 aliphatic carbocycles. The highest BCUT2D eigenvalue weighted by atomic mass is 16.5. The van der Waals surface area contributed by atoms with Crippen LogP contribution in [0.25, 0.3) is 22.5 Å². The molecule has 6 rings (SSSR count). The monoisotopic (exact) mass is 917 g/mol. The van der Waals surface area contributed by atoms with Crippen molar-refractivity contribution in [2.24, 2.45) is 17.2 Å². The number of aromatic nitrogens is 2. The molecule has 4 aromatic rings.